The molecular weight excluding hydrogens is 242 g/mol. The Hall–Kier alpha value is -1.32. The van der Waals surface area contributed by atoms with E-state index < -0.39 is 5.97 Å². The molecule has 2 atom stereocenters. The SMILES string of the molecule is CC(C(=O)O)=C(C)C(=O)N1CCC[C@H]2CCCC[C@H]21. The van der Waals surface area contributed by atoms with Crippen LogP contribution >= 0.6 is 0 Å². The van der Waals surface area contributed by atoms with Crippen molar-refractivity contribution in [1.82, 2.24) is 4.90 Å². The van der Waals surface area contributed by atoms with E-state index in [9.17, 15) is 9.59 Å². The van der Waals surface area contributed by atoms with Crippen molar-refractivity contribution in [2.45, 2.75) is 58.4 Å². The molecule has 1 heterocycles. The maximum absolute atomic E-state index is 12.5. The number of nitrogens with zero attached hydrogens (tertiary/aromatic N) is 1. The summed E-state index contributed by atoms with van der Waals surface area (Å²) in [7, 11) is 0. The lowest BCUT2D eigenvalue weighted by Crippen LogP contribution is -2.50. The monoisotopic (exact) mass is 265 g/mol. The molecule has 1 saturated heterocycles. The van der Waals surface area contributed by atoms with Gasteiger partial charge < -0.3 is 10.0 Å². The molecule has 19 heavy (non-hydrogen) atoms. The summed E-state index contributed by atoms with van der Waals surface area (Å²) < 4.78 is 0. The van der Waals surface area contributed by atoms with Crippen LogP contribution < -0.4 is 0 Å². The lowest BCUT2D eigenvalue weighted by Gasteiger charge is -2.44. The number of carbonyl (C=O) groups excluding carboxylic acids is 1. The van der Waals surface area contributed by atoms with Gasteiger partial charge in [-0.1, -0.05) is 12.8 Å². The normalized spacial score (nSPS) is 28.4. The molecule has 0 unspecified atom stereocenters. The summed E-state index contributed by atoms with van der Waals surface area (Å²) in [6.07, 6.45) is 7.02. The predicted molar refractivity (Wildman–Crippen MR) is 72.7 cm³/mol. The molecule has 1 aliphatic carbocycles. The minimum atomic E-state index is -0.997. The molecule has 2 fully saturated rings. The van der Waals surface area contributed by atoms with Gasteiger partial charge in [0, 0.05) is 23.7 Å². The first-order valence-corrected chi connectivity index (χ1v) is 7.24. The first-order chi connectivity index (χ1) is 9.02. The molecule has 1 saturated carbocycles. The van der Waals surface area contributed by atoms with Gasteiger partial charge in [0.1, 0.15) is 0 Å². The molecule has 0 spiro atoms. The second-order valence-electron chi connectivity index (χ2n) is 5.81. The fourth-order valence-corrected chi connectivity index (χ4v) is 3.41. The number of carboxylic acid groups (broad SMARTS) is 1. The Morgan fingerprint density at radius 3 is 2.32 bits per heavy atom. The standard InChI is InChI=1S/C15H23NO3/c1-10(11(2)15(18)19)14(17)16-9-5-7-12-6-3-4-8-13(12)16/h12-13H,3-9H2,1-2H3,(H,18,19)/t12-,13-/m1/s1. The fourth-order valence-electron chi connectivity index (χ4n) is 3.41. The quantitative estimate of drug-likeness (QED) is 0.781. The van der Waals surface area contributed by atoms with E-state index >= 15 is 0 Å². The van der Waals surface area contributed by atoms with Crippen molar-refractivity contribution in [3.63, 3.8) is 0 Å². The fraction of sp³-hybridized carbons (Fsp3) is 0.733. The Labute approximate surface area is 114 Å². The van der Waals surface area contributed by atoms with Crippen LogP contribution in [-0.2, 0) is 9.59 Å². The summed E-state index contributed by atoms with van der Waals surface area (Å²) >= 11 is 0. The van der Waals surface area contributed by atoms with E-state index in [0.717, 1.165) is 19.4 Å². The lowest BCUT2D eigenvalue weighted by atomic mass is 9.78. The van der Waals surface area contributed by atoms with Crippen molar-refractivity contribution in [3.05, 3.63) is 11.1 Å². The van der Waals surface area contributed by atoms with Crippen LogP contribution in [0.25, 0.3) is 0 Å². The van der Waals surface area contributed by atoms with Gasteiger partial charge in [-0.15, -0.1) is 0 Å². The van der Waals surface area contributed by atoms with E-state index in [1.54, 1.807) is 6.92 Å². The average molecular weight is 265 g/mol. The number of rotatable bonds is 2. The van der Waals surface area contributed by atoms with Gasteiger partial charge in [-0.25, -0.2) is 4.79 Å². The molecule has 0 aromatic carbocycles. The lowest BCUT2D eigenvalue weighted by molar-refractivity contribution is -0.136. The van der Waals surface area contributed by atoms with Crippen LogP contribution in [0.3, 0.4) is 0 Å². The van der Waals surface area contributed by atoms with Crippen LogP contribution in [0, 0.1) is 5.92 Å². The zero-order valence-corrected chi connectivity index (χ0v) is 11.8. The Morgan fingerprint density at radius 2 is 1.63 bits per heavy atom. The van der Waals surface area contributed by atoms with E-state index in [1.165, 1.54) is 32.6 Å². The summed E-state index contributed by atoms with van der Waals surface area (Å²) in [6.45, 7) is 3.93. The molecular formula is C15H23NO3. The first kappa shape index (κ1) is 14.1. The van der Waals surface area contributed by atoms with Crippen LogP contribution in [-0.4, -0.2) is 34.5 Å². The molecule has 0 aromatic rings. The molecule has 1 N–H and O–H groups in total. The van der Waals surface area contributed by atoms with Gasteiger partial charge in [-0.05, 0) is 45.4 Å². The summed E-state index contributed by atoms with van der Waals surface area (Å²) in [6, 6.07) is 0.339. The highest BCUT2D eigenvalue weighted by Gasteiger charge is 2.36. The summed E-state index contributed by atoms with van der Waals surface area (Å²) in [5.74, 6) is -0.441. The first-order valence-electron chi connectivity index (χ1n) is 7.24. The Morgan fingerprint density at radius 1 is 1.00 bits per heavy atom. The average Bonchev–Trinajstić information content (AvgIpc) is 2.44. The van der Waals surface area contributed by atoms with Gasteiger partial charge in [0.05, 0.1) is 0 Å². The number of carboxylic acids is 1. The maximum atomic E-state index is 12.5. The highest BCUT2D eigenvalue weighted by molar-refractivity contribution is 6.01. The molecule has 0 radical (unpaired) electrons. The second-order valence-corrected chi connectivity index (χ2v) is 5.81. The third-order valence-electron chi connectivity index (χ3n) is 4.71. The van der Waals surface area contributed by atoms with Gasteiger partial charge >= 0.3 is 5.97 Å². The third-order valence-corrected chi connectivity index (χ3v) is 4.71. The van der Waals surface area contributed by atoms with Crippen LogP contribution in [0.1, 0.15) is 52.4 Å². The van der Waals surface area contributed by atoms with Crippen molar-refractivity contribution >= 4 is 11.9 Å². The number of hydrogen-bond donors (Lipinski definition) is 1. The highest BCUT2D eigenvalue weighted by atomic mass is 16.4. The second kappa shape index (κ2) is 5.76. The molecule has 4 heteroatoms. The summed E-state index contributed by atoms with van der Waals surface area (Å²) in [5, 5.41) is 9.00. The molecule has 106 valence electrons. The van der Waals surface area contributed by atoms with E-state index in [4.69, 9.17) is 5.11 Å². The van der Waals surface area contributed by atoms with Crippen LogP contribution in [0.4, 0.5) is 0 Å². The minimum Gasteiger partial charge on any atom is -0.478 e. The van der Waals surface area contributed by atoms with Gasteiger partial charge in [-0.2, -0.15) is 0 Å². The van der Waals surface area contributed by atoms with Crippen LogP contribution in [0.2, 0.25) is 0 Å². The molecule has 2 rings (SSSR count). The van der Waals surface area contributed by atoms with Gasteiger partial charge in [0.25, 0.3) is 0 Å². The Kier molecular flexibility index (Phi) is 4.27. The van der Waals surface area contributed by atoms with Gasteiger partial charge in [-0.3, -0.25) is 4.79 Å². The molecule has 2 aliphatic rings. The number of hydrogen-bond acceptors (Lipinski definition) is 2. The predicted octanol–water partition coefficient (Wildman–Crippen LogP) is 2.59. The number of piperidine rings is 1. The molecule has 0 aromatic heterocycles. The summed E-state index contributed by atoms with van der Waals surface area (Å²) in [4.78, 5) is 25.4. The number of carbonyl (C=O) groups is 2. The van der Waals surface area contributed by atoms with E-state index in [-0.39, 0.29) is 11.5 Å². The highest BCUT2D eigenvalue weighted by Crippen LogP contribution is 2.35. The van der Waals surface area contributed by atoms with Gasteiger partial charge in [0.15, 0.2) is 0 Å². The Balaban J connectivity index is 2.18. The third kappa shape index (κ3) is 2.82. The number of fused-ring (bicyclic) bond motifs is 1. The largest absolute Gasteiger partial charge is 0.478 e. The van der Waals surface area contributed by atoms with Crippen molar-refractivity contribution in [2.24, 2.45) is 5.92 Å². The van der Waals surface area contributed by atoms with E-state index in [2.05, 4.69) is 0 Å². The molecule has 4 nitrogen and oxygen atoms in total. The Bertz CT molecular complexity index is 412. The van der Waals surface area contributed by atoms with Crippen LogP contribution in [0.5, 0.6) is 0 Å². The number of likely N-dealkylation sites (tertiary alicyclic amines) is 1. The van der Waals surface area contributed by atoms with E-state index in [1.807, 2.05) is 4.90 Å². The molecule has 1 amide bonds. The zero-order valence-electron chi connectivity index (χ0n) is 11.8. The topological polar surface area (TPSA) is 57.6 Å². The molecule has 0 bridgehead atoms. The molecule has 1 aliphatic heterocycles. The zero-order chi connectivity index (χ0) is 14.0. The van der Waals surface area contributed by atoms with Crippen molar-refractivity contribution in [3.8, 4) is 0 Å². The summed E-state index contributed by atoms with van der Waals surface area (Å²) in [5.41, 5.74) is 0.557. The van der Waals surface area contributed by atoms with Crippen molar-refractivity contribution in [1.29, 1.82) is 0 Å². The number of aliphatic carboxylic acids is 1. The maximum Gasteiger partial charge on any atom is 0.331 e. The van der Waals surface area contributed by atoms with Crippen molar-refractivity contribution in [2.75, 3.05) is 6.54 Å². The van der Waals surface area contributed by atoms with Crippen LogP contribution in [0.15, 0.2) is 11.1 Å². The minimum absolute atomic E-state index is 0.0727. The van der Waals surface area contributed by atoms with Crippen molar-refractivity contribution < 1.29 is 14.7 Å². The number of amides is 1. The van der Waals surface area contributed by atoms with E-state index in [0.29, 0.717) is 17.5 Å². The van der Waals surface area contributed by atoms with Gasteiger partial charge in [0.2, 0.25) is 5.91 Å². The smallest absolute Gasteiger partial charge is 0.331 e.